The van der Waals surface area contributed by atoms with Crippen LogP contribution in [0.2, 0.25) is 0 Å². The van der Waals surface area contributed by atoms with Gasteiger partial charge in [0.2, 0.25) is 0 Å². The summed E-state index contributed by atoms with van der Waals surface area (Å²) < 4.78 is 0. The van der Waals surface area contributed by atoms with Gasteiger partial charge < -0.3 is 15.5 Å². The maximum Gasteiger partial charge on any atom is 0.0319 e. The summed E-state index contributed by atoms with van der Waals surface area (Å²) in [4.78, 5) is 2.54. The van der Waals surface area contributed by atoms with E-state index >= 15 is 0 Å². The SMILES string of the molecule is CCN1CCC(NC2CNC2)CC1. The Labute approximate surface area is 80.9 Å². The molecule has 0 aliphatic carbocycles. The summed E-state index contributed by atoms with van der Waals surface area (Å²) in [7, 11) is 0. The maximum atomic E-state index is 3.71. The summed E-state index contributed by atoms with van der Waals surface area (Å²) in [5, 5.41) is 7.01. The van der Waals surface area contributed by atoms with Crippen molar-refractivity contribution in [3.8, 4) is 0 Å². The smallest absolute Gasteiger partial charge is 0.0319 e. The Morgan fingerprint density at radius 1 is 1.23 bits per heavy atom. The van der Waals surface area contributed by atoms with E-state index in [0.717, 1.165) is 12.1 Å². The lowest BCUT2D eigenvalue weighted by atomic mass is 10.0. The number of nitrogens with one attached hydrogen (secondary N) is 2. The summed E-state index contributed by atoms with van der Waals surface area (Å²) in [6, 6.07) is 1.55. The standard InChI is InChI=1S/C10H21N3/c1-2-13-5-3-9(4-6-13)12-10-7-11-8-10/h9-12H,2-8H2,1H3. The predicted octanol–water partition coefficient (Wildman–Crippen LogP) is 0.0321. The second-order valence-corrected chi connectivity index (χ2v) is 4.23. The second kappa shape index (κ2) is 4.40. The van der Waals surface area contributed by atoms with E-state index in [4.69, 9.17) is 0 Å². The van der Waals surface area contributed by atoms with Crippen molar-refractivity contribution in [2.24, 2.45) is 0 Å². The minimum absolute atomic E-state index is 0.762. The lowest BCUT2D eigenvalue weighted by Gasteiger charge is -2.37. The Kier molecular flexibility index (Phi) is 3.19. The maximum absolute atomic E-state index is 3.71. The van der Waals surface area contributed by atoms with Crippen LogP contribution in [0.25, 0.3) is 0 Å². The van der Waals surface area contributed by atoms with Crippen LogP contribution < -0.4 is 10.6 Å². The first-order valence-electron chi connectivity index (χ1n) is 5.57. The number of hydrogen-bond donors (Lipinski definition) is 2. The molecule has 0 atom stereocenters. The van der Waals surface area contributed by atoms with E-state index in [0.29, 0.717) is 0 Å². The molecule has 2 fully saturated rings. The van der Waals surface area contributed by atoms with Gasteiger partial charge in [-0.15, -0.1) is 0 Å². The van der Waals surface area contributed by atoms with Crippen molar-refractivity contribution in [1.82, 2.24) is 15.5 Å². The fraction of sp³-hybridized carbons (Fsp3) is 1.00. The van der Waals surface area contributed by atoms with Gasteiger partial charge >= 0.3 is 0 Å². The highest BCUT2D eigenvalue weighted by Gasteiger charge is 2.23. The van der Waals surface area contributed by atoms with E-state index in [2.05, 4.69) is 22.5 Å². The van der Waals surface area contributed by atoms with Crippen molar-refractivity contribution in [2.45, 2.75) is 31.8 Å². The third-order valence-electron chi connectivity index (χ3n) is 3.29. The van der Waals surface area contributed by atoms with Crippen LogP contribution >= 0.6 is 0 Å². The molecule has 76 valence electrons. The Hall–Kier alpha value is -0.120. The molecule has 2 aliphatic rings. The van der Waals surface area contributed by atoms with Gasteiger partial charge in [0.05, 0.1) is 0 Å². The Morgan fingerprint density at radius 3 is 2.38 bits per heavy atom. The minimum atomic E-state index is 0.762. The second-order valence-electron chi connectivity index (χ2n) is 4.23. The highest BCUT2D eigenvalue weighted by molar-refractivity contribution is 4.87. The molecule has 13 heavy (non-hydrogen) atoms. The largest absolute Gasteiger partial charge is 0.314 e. The molecule has 0 radical (unpaired) electrons. The molecule has 0 aromatic carbocycles. The van der Waals surface area contributed by atoms with Gasteiger partial charge in [0, 0.05) is 25.2 Å². The first kappa shape index (κ1) is 9.44. The molecule has 2 N–H and O–H groups in total. The molecule has 0 amide bonds. The Bertz CT molecular complexity index is 148. The van der Waals surface area contributed by atoms with Crippen LogP contribution in [-0.4, -0.2) is 49.7 Å². The van der Waals surface area contributed by atoms with E-state index in [9.17, 15) is 0 Å². The summed E-state index contributed by atoms with van der Waals surface area (Å²) in [5.41, 5.74) is 0. The van der Waals surface area contributed by atoms with Gasteiger partial charge in [0.25, 0.3) is 0 Å². The van der Waals surface area contributed by atoms with Crippen molar-refractivity contribution >= 4 is 0 Å². The zero-order valence-electron chi connectivity index (χ0n) is 8.55. The molecule has 0 aromatic heterocycles. The van der Waals surface area contributed by atoms with Crippen LogP contribution in [0.5, 0.6) is 0 Å². The third kappa shape index (κ3) is 2.42. The summed E-state index contributed by atoms with van der Waals surface area (Å²) in [6.45, 7) is 8.39. The number of likely N-dealkylation sites (tertiary alicyclic amines) is 1. The molecule has 0 unspecified atom stereocenters. The summed E-state index contributed by atoms with van der Waals surface area (Å²) in [5.74, 6) is 0. The summed E-state index contributed by atoms with van der Waals surface area (Å²) in [6.07, 6.45) is 2.68. The molecule has 2 heterocycles. The average molecular weight is 183 g/mol. The molecule has 3 nitrogen and oxygen atoms in total. The minimum Gasteiger partial charge on any atom is -0.314 e. The van der Waals surface area contributed by atoms with Crippen LogP contribution in [0.3, 0.4) is 0 Å². The monoisotopic (exact) mass is 183 g/mol. The van der Waals surface area contributed by atoms with Crippen molar-refractivity contribution in [1.29, 1.82) is 0 Å². The van der Waals surface area contributed by atoms with Crippen LogP contribution in [0.4, 0.5) is 0 Å². The van der Waals surface area contributed by atoms with Crippen molar-refractivity contribution in [3.05, 3.63) is 0 Å². The number of rotatable bonds is 3. The normalized spacial score (nSPS) is 27.5. The van der Waals surface area contributed by atoms with Gasteiger partial charge in [-0.1, -0.05) is 6.92 Å². The molecular weight excluding hydrogens is 162 g/mol. The van der Waals surface area contributed by atoms with Gasteiger partial charge in [-0.25, -0.2) is 0 Å². The Morgan fingerprint density at radius 2 is 1.92 bits per heavy atom. The highest BCUT2D eigenvalue weighted by Crippen LogP contribution is 2.10. The van der Waals surface area contributed by atoms with Crippen LogP contribution in [0.15, 0.2) is 0 Å². The summed E-state index contributed by atoms with van der Waals surface area (Å²) >= 11 is 0. The quantitative estimate of drug-likeness (QED) is 0.646. The van der Waals surface area contributed by atoms with E-state index in [1.54, 1.807) is 0 Å². The number of piperidine rings is 1. The van der Waals surface area contributed by atoms with Gasteiger partial charge in [0.1, 0.15) is 0 Å². The predicted molar refractivity (Wildman–Crippen MR) is 54.9 cm³/mol. The van der Waals surface area contributed by atoms with E-state index in [-0.39, 0.29) is 0 Å². The van der Waals surface area contributed by atoms with Crippen LogP contribution in [0, 0.1) is 0 Å². The van der Waals surface area contributed by atoms with E-state index in [1.165, 1.54) is 45.6 Å². The topological polar surface area (TPSA) is 27.3 Å². The average Bonchev–Trinajstić information content (AvgIpc) is 2.12. The molecule has 0 saturated carbocycles. The van der Waals surface area contributed by atoms with Crippen molar-refractivity contribution in [2.75, 3.05) is 32.7 Å². The molecule has 3 heteroatoms. The van der Waals surface area contributed by atoms with Crippen LogP contribution in [0.1, 0.15) is 19.8 Å². The zero-order chi connectivity index (χ0) is 9.10. The third-order valence-corrected chi connectivity index (χ3v) is 3.29. The van der Waals surface area contributed by atoms with Gasteiger partial charge in [0.15, 0.2) is 0 Å². The lowest BCUT2D eigenvalue weighted by Crippen LogP contribution is -2.59. The highest BCUT2D eigenvalue weighted by atomic mass is 15.2. The molecule has 0 aromatic rings. The zero-order valence-corrected chi connectivity index (χ0v) is 8.55. The van der Waals surface area contributed by atoms with Crippen molar-refractivity contribution in [3.63, 3.8) is 0 Å². The molecule has 2 saturated heterocycles. The molecule has 2 aliphatic heterocycles. The molecule has 0 bridgehead atoms. The lowest BCUT2D eigenvalue weighted by molar-refractivity contribution is 0.189. The molecule has 0 spiro atoms. The Balaban J connectivity index is 1.65. The fourth-order valence-corrected chi connectivity index (χ4v) is 2.16. The van der Waals surface area contributed by atoms with E-state index in [1.807, 2.05) is 0 Å². The number of nitrogens with zero attached hydrogens (tertiary/aromatic N) is 1. The van der Waals surface area contributed by atoms with Crippen LogP contribution in [-0.2, 0) is 0 Å². The first-order chi connectivity index (χ1) is 6.38. The van der Waals surface area contributed by atoms with Crippen molar-refractivity contribution < 1.29 is 0 Å². The van der Waals surface area contributed by atoms with Gasteiger partial charge in [-0.2, -0.15) is 0 Å². The van der Waals surface area contributed by atoms with Gasteiger partial charge in [-0.05, 0) is 32.5 Å². The fourth-order valence-electron chi connectivity index (χ4n) is 2.16. The molecular formula is C10H21N3. The first-order valence-corrected chi connectivity index (χ1v) is 5.57. The molecule has 2 rings (SSSR count). The van der Waals surface area contributed by atoms with E-state index < -0.39 is 0 Å². The van der Waals surface area contributed by atoms with Gasteiger partial charge in [-0.3, -0.25) is 0 Å². The number of hydrogen-bond acceptors (Lipinski definition) is 3.